The predicted octanol–water partition coefficient (Wildman–Crippen LogP) is 3.07. The third kappa shape index (κ3) is 4.72. The highest BCUT2D eigenvalue weighted by molar-refractivity contribution is 6.32. The lowest BCUT2D eigenvalue weighted by Crippen LogP contribution is -2.42. The molecule has 0 unspecified atom stereocenters. The first kappa shape index (κ1) is 21.7. The second kappa shape index (κ2) is 9.32. The van der Waals surface area contributed by atoms with E-state index in [1.54, 1.807) is 6.07 Å². The molecule has 8 nitrogen and oxygen atoms in total. The van der Waals surface area contributed by atoms with Gasteiger partial charge in [0.2, 0.25) is 5.91 Å². The van der Waals surface area contributed by atoms with Crippen LogP contribution in [0.15, 0.2) is 48.5 Å². The van der Waals surface area contributed by atoms with Crippen molar-refractivity contribution in [2.75, 3.05) is 31.5 Å². The number of likely N-dealkylation sites (tertiary alicyclic amines) is 2. The Morgan fingerprint density at radius 3 is 2.55 bits per heavy atom. The molecule has 2 aliphatic rings. The molecule has 2 saturated heterocycles. The number of carbonyl (C=O) groups excluding carboxylic acids is 1. The number of amides is 1. The second-order valence-electron chi connectivity index (χ2n) is 8.06. The van der Waals surface area contributed by atoms with Gasteiger partial charge in [-0.25, -0.2) is 0 Å². The van der Waals surface area contributed by atoms with Crippen molar-refractivity contribution < 1.29 is 14.8 Å². The summed E-state index contributed by atoms with van der Waals surface area (Å²) in [4.78, 5) is 28.2. The van der Waals surface area contributed by atoms with Crippen LogP contribution in [-0.4, -0.2) is 64.1 Å². The number of nitro benzene ring substituents is 1. The maximum atomic E-state index is 13.3. The van der Waals surface area contributed by atoms with E-state index in [1.807, 2.05) is 35.2 Å². The minimum absolute atomic E-state index is 0.00173. The minimum Gasteiger partial charge on any atom is -0.390 e. The third-order valence-electron chi connectivity index (χ3n) is 6.04. The lowest BCUT2D eigenvalue weighted by atomic mass is 10.0. The molecule has 2 aliphatic heterocycles. The van der Waals surface area contributed by atoms with Gasteiger partial charge in [-0.1, -0.05) is 41.9 Å². The van der Waals surface area contributed by atoms with Crippen molar-refractivity contribution in [2.45, 2.75) is 31.0 Å². The van der Waals surface area contributed by atoms with Gasteiger partial charge in [-0.2, -0.15) is 0 Å². The average molecular weight is 445 g/mol. The Labute approximate surface area is 185 Å². The molecule has 0 saturated carbocycles. The fraction of sp³-hybridized carbons (Fsp3) is 0.409. The second-order valence-corrected chi connectivity index (χ2v) is 8.46. The summed E-state index contributed by atoms with van der Waals surface area (Å²) in [5, 5.41) is 24.7. The van der Waals surface area contributed by atoms with Crippen LogP contribution in [0, 0.1) is 10.1 Å². The minimum atomic E-state index is -0.627. The van der Waals surface area contributed by atoms with Crippen molar-refractivity contribution in [3.8, 4) is 0 Å². The van der Waals surface area contributed by atoms with Gasteiger partial charge in [0.05, 0.1) is 11.0 Å². The zero-order valence-electron chi connectivity index (χ0n) is 17.0. The lowest BCUT2D eigenvalue weighted by Gasteiger charge is -2.29. The van der Waals surface area contributed by atoms with E-state index in [-0.39, 0.29) is 22.7 Å². The Balaban J connectivity index is 1.58. The number of halogens is 1. The molecule has 0 bridgehead atoms. The van der Waals surface area contributed by atoms with Crippen molar-refractivity contribution in [3.05, 3.63) is 69.2 Å². The number of benzene rings is 2. The summed E-state index contributed by atoms with van der Waals surface area (Å²) in [6.45, 7) is 2.89. The summed E-state index contributed by atoms with van der Waals surface area (Å²) < 4.78 is 0. The zero-order chi connectivity index (χ0) is 22.0. The number of hydrogen-bond donors (Lipinski definition) is 2. The number of nitrogens with zero attached hydrogens (tertiary/aromatic N) is 3. The highest BCUT2D eigenvalue weighted by Crippen LogP contribution is 2.32. The van der Waals surface area contributed by atoms with Gasteiger partial charge in [-0.3, -0.25) is 24.7 Å². The monoisotopic (exact) mass is 444 g/mol. The van der Waals surface area contributed by atoms with Crippen LogP contribution in [0.5, 0.6) is 0 Å². The first-order chi connectivity index (χ1) is 14.9. The Bertz CT molecular complexity index is 952. The van der Waals surface area contributed by atoms with Gasteiger partial charge in [0.15, 0.2) is 0 Å². The standard InChI is InChI=1S/C22H25ClN4O4/c23-17-9-8-16(12-18(17)27(30)31)24-22(29)21(15-6-2-1-3-7-15)26-13-19(20(28)14-26)25-10-4-5-11-25/h1-3,6-9,12,19-21,28H,4-5,10-11,13-14H2,(H,24,29)/t19-,20-,21-/m0/s1. The smallest absolute Gasteiger partial charge is 0.289 e. The summed E-state index contributed by atoms with van der Waals surface area (Å²) in [7, 11) is 0. The zero-order valence-corrected chi connectivity index (χ0v) is 17.7. The Morgan fingerprint density at radius 2 is 1.87 bits per heavy atom. The first-order valence-electron chi connectivity index (χ1n) is 10.4. The molecule has 3 atom stereocenters. The molecule has 2 heterocycles. The van der Waals surface area contributed by atoms with Crippen molar-refractivity contribution >= 4 is 28.9 Å². The quantitative estimate of drug-likeness (QED) is 0.524. The van der Waals surface area contributed by atoms with Gasteiger partial charge in [0.1, 0.15) is 11.1 Å². The van der Waals surface area contributed by atoms with Crippen LogP contribution < -0.4 is 5.32 Å². The van der Waals surface area contributed by atoms with Gasteiger partial charge in [0.25, 0.3) is 5.69 Å². The molecular weight excluding hydrogens is 420 g/mol. The van der Waals surface area contributed by atoms with E-state index in [9.17, 15) is 20.0 Å². The summed E-state index contributed by atoms with van der Waals surface area (Å²) in [6, 6.07) is 12.9. The number of β-amino-alcohol motifs (C(OH)–C–C–N with tert-alkyl or cyclic N) is 1. The molecular formula is C22H25ClN4O4. The van der Waals surface area contributed by atoms with Crippen LogP contribution in [0.3, 0.4) is 0 Å². The first-order valence-corrected chi connectivity index (χ1v) is 10.8. The normalized spacial score (nSPS) is 23.0. The van der Waals surface area contributed by atoms with E-state index in [4.69, 9.17) is 11.6 Å². The number of anilines is 1. The van der Waals surface area contributed by atoms with Crippen LogP contribution in [0.2, 0.25) is 5.02 Å². The molecule has 9 heteroatoms. The molecule has 31 heavy (non-hydrogen) atoms. The summed E-state index contributed by atoms with van der Waals surface area (Å²) in [5.74, 6) is -0.308. The number of aliphatic hydroxyl groups is 1. The van der Waals surface area contributed by atoms with E-state index in [1.165, 1.54) is 12.1 Å². The van der Waals surface area contributed by atoms with E-state index >= 15 is 0 Å². The van der Waals surface area contributed by atoms with Gasteiger partial charge < -0.3 is 10.4 Å². The molecule has 2 N–H and O–H groups in total. The van der Waals surface area contributed by atoms with Crippen LogP contribution >= 0.6 is 11.6 Å². The Hall–Kier alpha value is -2.52. The number of carbonyl (C=O) groups is 1. The van der Waals surface area contributed by atoms with Gasteiger partial charge in [-0.15, -0.1) is 0 Å². The molecule has 4 rings (SSSR count). The fourth-order valence-electron chi connectivity index (χ4n) is 4.55. The van der Waals surface area contributed by atoms with Crippen LogP contribution in [-0.2, 0) is 4.79 Å². The SMILES string of the molecule is O=C(Nc1ccc(Cl)c([N+](=O)[O-])c1)[C@H](c1ccccc1)N1C[C@H](O)[C@@H](N2CCCC2)C1. The van der Waals surface area contributed by atoms with Crippen molar-refractivity contribution in [3.63, 3.8) is 0 Å². The summed E-state index contributed by atoms with van der Waals surface area (Å²) in [5.41, 5.74) is 0.844. The average Bonchev–Trinajstić information content (AvgIpc) is 3.40. The molecule has 0 aliphatic carbocycles. The number of nitro groups is 1. The van der Waals surface area contributed by atoms with E-state index in [2.05, 4.69) is 10.2 Å². The van der Waals surface area contributed by atoms with Crippen molar-refractivity contribution in [1.82, 2.24) is 9.80 Å². The van der Waals surface area contributed by atoms with Crippen molar-refractivity contribution in [2.24, 2.45) is 0 Å². The highest BCUT2D eigenvalue weighted by atomic mass is 35.5. The number of nitrogens with one attached hydrogen (secondary N) is 1. The Morgan fingerprint density at radius 1 is 1.16 bits per heavy atom. The van der Waals surface area contributed by atoms with Crippen LogP contribution in [0.1, 0.15) is 24.4 Å². The molecule has 164 valence electrons. The molecule has 2 aromatic rings. The highest BCUT2D eigenvalue weighted by Gasteiger charge is 2.41. The van der Waals surface area contributed by atoms with Gasteiger partial charge >= 0.3 is 0 Å². The van der Waals surface area contributed by atoms with Crippen molar-refractivity contribution in [1.29, 1.82) is 0 Å². The van der Waals surface area contributed by atoms with E-state index < -0.39 is 17.1 Å². The van der Waals surface area contributed by atoms with Crippen LogP contribution in [0.25, 0.3) is 0 Å². The topological polar surface area (TPSA) is 98.9 Å². The van der Waals surface area contributed by atoms with Crippen LogP contribution in [0.4, 0.5) is 11.4 Å². The molecule has 1 amide bonds. The van der Waals surface area contributed by atoms with Gasteiger partial charge in [-0.05, 0) is 43.6 Å². The summed E-state index contributed by atoms with van der Waals surface area (Å²) >= 11 is 5.89. The Kier molecular flexibility index (Phi) is 6.52. The molecule has 0 spiro atoms. The maximum absolute atomic E-state index is 13.3. The van der Waals surface area contributed by atoms with E-state index in [0.29, 0.717) is 18.8 Å². The molecule has 2 aromatic carbocycles. The number of aliphatic hydroxyl groups excluding tert-OH is 1. The fourth-order valence-corrected chi connectivity index (χ4v) is 4.73. The number of rotatable bonds is 6. The predicted molar refractivity (Wildman–Crippen MR) is 118 cm³/mol. The maximum Gasteiger partial charge on any atom is 0.289 e. The number of hydrogen-bond acceptors (Lipinski definition) is 6. The summed E-state index contributed by atoms with van der Waals surface area (Å²) in [6.07, 6.45) is 1.72. The largest absolute Gasteiger partial charge is 0.390 e. The van der Waals surface area contributed by atoms with Gasteiger partial charge in [0, 0.05) is 30.9 Å². The third-order valence-corrected chi connectivity index (χ3v) is 6.36. The molecule has 0 radical (unpaired) electrons. The lowest BCUT2D eigenvalue weighted by molar-refractivity contribution is -0.384. The van der Waals surface area contributed by atoms with E-state index in [0.717, 1.165) is 31.5 Å². The molecule has 2 fully saturated rings. The molecule has 0 aromatic heterocycles.